The van der Waals surface area contributed by atoms with Crippen LogP contribution in [0.3, 0.4) is 0 Å². The van der Waals surface area contributed by atoms with Crippen LogP contribution in [0.5, 0.6) is 0 Å². The van der Waals surface area contributed by atoms with E-state index in [1.807, 2.05) is 43.6 Å². The molecule has 2 heterocycles. The molecule has 2 rings (SSSR count). The molecule has 0 radical (unpaired) electrons. The van der Waals surface area contributed by atoms with Gasteiger partial charge in [0, 0.05) is 31.1 Å². The fraction of sp³-hybridized carbons (Fsp3) is 0.368. The number of nitrogens with zero attached hydrogens (tertiary/aromatic N) is 5. The maximum Gasteiger partial charge on any atom is 0.0894 e. The molecule has 2 N–H and O–H groups in total. The molecular formula is C19H26N6O. The Hall–Kier alpha value is -2.64. The van der Waals surface area contributed by atoms with Crippen LogP contribution in [-0.2, 0) is 18.4 Å². The topological polar surface area (TPSA) is 90.7 Å². The molecule has 1 atom stereocenters. The van der Waals surface area contributed by atoms with Crippen LogP contribution in [0.1, 0.15) is 42.8 Å². The molecule has 138 valence electrons. The number of rotatable bonds is 10. The molecule has 0 aliphatic rings. The van der Waals surface area contributed by atoms with E-state index in [4.69, 9.17) is 15.7 Å². The lowest BCUT2D eigenvalue weighted by Crippen LogP contribution is -2.08. The molecule has 0 aliphatic carbocycles. The van der Waals surface area contributed by atoms with Crippen molar-refractivity contribution in [1.82, 2.24) is 14.8 Å². The number of hydrogen-bond acceptors (Lipinski definition) is 6. The van der Waals surface area contributed by atoms with Crippen molar-refractivity contribution >= 4 is 18.6 Å². The first-order valence-corrected chi connectivity index (χ1v) is 8.62. The molecule has 2 aromatic heterocycles. The van der Waals surface area contributed by atoms with Gasteiger partial charge < -0.3 is 4.84 Å². The quantitative estimate of drug-likeness (QED) is 0.524. The fourth-order valence-corrected chi connectivity index (χ4v) is 2.63. The largest absolute Gasteiger partial charge is 0.305 e. The smallest absolute Gasteiger partial charge is 0.0894 e. The summed E-state index contributed by atoms with van der Waals surface area (Å²) in [7, 11) is 1.88. The molecule has 0 fully saturated rings. The van der Waals surface area contributed by atoms with Crippen LogP contribution < -0.4 is 5.90 Å². The van der Waals surface area contributed by atoms with Gasteiger partial charge in [-0.3, -0.25) is 19.7 Å². The van der Waals surface area contributed by atoms with Crippen molar-refractivity contribution in [1.29, 1.82) is 0 Å². The Morgan fingerprint density at radius 3 is 2.92 bits per heavy atom. The van der Waals surface area contributed by atoms with Crippen molar-refractivity contribution in [2.45, 2.75) is 32.2 Å². The minimum atomic E-state index is 0.294. The summed E-state index contributed by atoms with van der Waals surface area (Å²) in [6, 6.07) is 7.86. The van der Waals surface area contributed by atoms with Gasteiger partial charge in [-0.25, -0.2) is 5.90 Å². The van der Waals surface area contributed by atoms with Gasteiger partial charge in [0.15, 0.2) is 0 Å². The van der Waals surface area contributed by atoms with Gasteiger partial charge in [-0.15, -0.1) is 0 Å². The zero-order chi connectivity index (χ0) is 18.8. The lowest BCUT2D eigenvalue weighted by atomic mass is 9.98. The van der Waals surface area contributed by atoms with Gasteiger partial charge in [-0.1, -0.05) is 13.0 Å². The molecule has 0 aromatic carbocycles. The first kappa shape index (κ1) is 19.7. The number of pyridine rings is 1. The highest BCUT2D eigenvalue weighted by atomic mass is 16.6. The van der Waals surface area contributed by atoms with Crippen LogP contribution in [0, 0.1) is 0 Å². The third-order valence-corrected chi connectivity index (χ3v) is 4.06. The molecular weight excluding hydrogens is 328 g/mol. The van der Waals surface area contributed by atoms with Crippen molar-refractivity contribution in [3.05, 3.63) is 53.6 Å². The van der Waals surface area contributed by atoms with Crippen LogP contribution in [0.15, 0.2) is 46.5 Å². The normalized spacial score (nSPS) is 13.3. The summed E-state index contributed by atoms with van der Waals surface area (Å²) in [6.45, 7) is 6.80. The van der Waals surface area contributed by atoms with Crippen molar-refractivity contribution in [3.63, 3.8) is 0 Å². The van der Waals surface area contributed by atoms with Gasteiger partial charge in [-0.05, 0) is 43.8 Å². The molecule has 7 heteroatoms. The van der Waals surface area contributed by atoms with Crippen LogP contribution in [0.25, 0.3) is 5.70 Å². The van der Waals surface area contributed by atoms with Crippen molar-refractivity contribution in [2.24, 2.45) is 22.9 Å². The molecule has 0 bridgehead atoms. The third kappa shape index (κ3) is 5.72. The van der Waals surface area contributed by atoms with E-state index in [0.717, 1.165) is 29.9 Å². The standard InChI is InChI=1S/C19H26N6O/c1-4-15(10-13-26-20)17-6-5-7-19(23-17)18(21-2)8-11-22-14-16-9-12-25(3)24-16/h5-9,11-12,15H,2,4,10,13-14,20H2,1,3H3/b18-8-,22-11-. The Kier molecular flexibility index (Phi) is 7.85. The average Bonchev–Trinajstić information content (AvgIpc) is 3.08. The monoisotopic (exact) mass is 354 g/mol. The third-order valence-electron chi connectivity index (χ3n) is 4.06. The fourth-order valence-electron chi connectivity index (χ4n) is 2.63. The minimum Gasteiger partial charge on any atom is -0.305 e. The second-order valence-electron chi connectivity index (χ2n) is 5.89. The molecule has 26 heavy (non-hydrogen) atoms. The van der Waals surface area contributed by atoms with Gasteiger partial charge in [0.1, 0.15) is 0 Å². The van der Waals surface area contributed by atoms with Crippen LogP contribution >= 0.6 is 0 Å². The molecule has 1 unspecified atom stereocenters. The summed E-state index contributed by atoms with van der Waals surface area (Å²) in [4.78, 5) is 17.9. The van der Waals surface area contributed by atoms with Gasteiger partial charge in [0.2, 0.25) is 0 Å². The van der Waals surface area contributed by atoms with Crippen LogP contribution in [0.4, 0.5) is 0 Å². The summed E-state index contributed by atoms with van der Waals surface area (Å²) in [6.07, 6.45) is 7.22. The highest BCUT2D eigenvalue weighted by Gasteiger charge is 2.12. The zero-order valence-electron chi connectivity index (χ0n) is 15.4. The Balaban J connectivity index is 2.10. The van der Waals surface area contributed by atoms with E-state index in [2.05, 4.69) is 28.7 Å². The molecule has 0 saturated carbocycles. The number of aryl methyl sites for hydroxylation is 1. The van der Waals surface area contributed by atoms with E-state index in [1.54, 1.807) is 10.9 Å². The molecule has 7 nitrogen and oxygen atoms in total. The van der Waals surface area contributed by atoms with Gasteiger partial charge in [-0.2, -0.15) is 5.10 Å². The molecule has 0 spiro atoms. The van der Waals surface area contributed by atoms with Crippen LogP contribution in [0.2, 0.25) is 0 Å². The SMILES string of the molecule is C=N/C(=C\C=N/Cc1ccn(C)n1)c1cccc(C(CC)CCON)n1. The summed E-state index contributed by atoms with van der Waals surface area (Å²) in [5.74, 6) is 5.44. The number of allylic oxidation sites excluding steroid dienone is 1. The Morgan fingerprint density at radius 1 is 1.42 bits per heavy atom. The second-order valence-corrected chi connectivity index (χ2v) is 5.89. The maximum atomic E-state index is 5.15. The first-order valence-electron chi connectivity index (χ1n) is 8.62. The predicted molar refractivity (Wildman–Crippen MR) is 105 cm³/mol. The van der Waals surface area contributed by atoms with Crippen molar-refractivity contribution in [2.75, 3.05) is 6.61 Å². The zero-order valence-corrected chi connectivity index (χ0v) is 15.4. The summed E-state index contributed by atoms with van der Waals surface area (Å²) >= 11 is 0. The van der Waals surface area contributed by atoms with Crippen molar-refractivity contribution < 1.29 is 4.84 Å². The molecule has 2 aromatic rings. The average molecular weight is 354 g/mol. The highest BCUT2D eigenvalue weighted by Crippen LogP contribution is 2.23. The number of aromatic nitrogens is 3. The van der Waals surface area contributed by atoms with E-state index in [9.17, 15) is 0 Å². The molecule has 0 aliphatic heterocycles. The predicted octanol–water partition coefficient (Wildman–Crippen LogP) is 2.90. The molecule has 0 amide bonds. The molecule has 0 saturated heterocycles. The second kappa shape index (κ2) is 10.4. The minimum absolute atomic E-state index is 0.294. The Bertz CT molecular complexity index is 765. The van der Waals surface area contributed by atoms with Crippen LogP contribution in [-0.4, -0.2) is 34.3 Å². The summed E-state index contributed by atoms with van der Waals surface area (Å²) < 4.78 is 1.76. The number of nitrogens with two attached hydrogens (primary N) is 1. The number of aliphatic imine (C=N–C) groups is 2. The van der Waals surface area contributed by atoms with Gasteiger partial charge in [0.25, 0.3) is 0 Å². The van der Waals surface area contributed by atoms with E-state index in [0.29, 0.717) is 24.8 Å². The van der Waals surface area contributed by atoms with E-state index in [-0.39, 0.29) is 0 Å². The maximum absolute atomic E-state index is 5.15. The lowest BCUT2D eigenvalue weighted by molar-refractivity contribution is 0.129. The van der Waals surface area contributed by atoms with E-state index >= 15 is 0 Å². The summed E-state index contributed by atoms with van der Waals surface area (Å²) in [5, 5.41) is 4.29. The number of hydrogen-bond donors (Lipinski definition) is 1. The van der Waals surface area contributed by atoms with Crippen molar-refractivity contribution in [3.8, 4) is 0 Å². The summed E-state index contributed by atoms with van der Waals surface area (Å²) in [5.41, 5.74) is 3.37. The Labute approximate surface area is 154 Å². The van der Waals surface area contributed by atoms with E-state index < -0.39 is 0 Å². The van der Waals surface area contributed by atoms with E-state index in [1.165, 1.54) is 0 Å². The van der Waals surface area contributed by atoms with Gasteiger partial charge in [0.05, 0.1) is 30.2 Å². The van der Waals surface area contributed by atoms with Gasteiger partial charge >= 0.3 is 0 Å². The lowest BCUT2D eigenvalue weighted by Gasteiger charge is -2.14. The highest BCUT2D eigenvalue weighted by molar-refractivity contribution is 5.84. The Morgan fingerprint density at radius 2 is 2.27 bits per heavy atom. The first-order chi connectivity index (χ1) is 12.7.